The first-order valence-corrected chi connectivity index (χ1v) is 7.65. The molecule has 0 radical (unpaired) electrons. The molecule has 0 aliphatic carbocycles. The molecule has 3 aromatic rings. The van der Waals surface area contributed by atoms with E-state index in [1.165, 1.54) is 11.6 Å². The van der Waals surface area contributed by atoms with E-state index in [0.717, 1.165) is 16.6 Å². The topological polar surface area (TPSA) is 57.8 Å². The third-order valence-electron chi connectivity index (χ3n) is 3.66. The van der Waals surface area contributed by atoms with Crippen LogP contribution >= 0.6 is 0 Å². The van der Waals surface area contributed by atoms with Crippen molar-refractivity contribution in [3.05, 3.63) is 65.7 Å². The monoisotopic (exact) mass is 305 g/mol. The van der Waals surface area contributed by atoms with E-state index in [-0.39, 0.29) is 5.91 Å². The molecule has 4 heteroatoms. The third-order valence-corrected chi connectivity index (χ3v) is 3.66. The number of para-hydroxylation sites is 2. The van der Waals surface area contributed by atoms with Gasteiger partial charge in [0.15, 0.2) is 0 Å². The number of nitrogens with one attached hydrogen (secondary N) is 2. The van der Waals surface area contributed by atoms with Crippen molar-refractivity contribution in [2.45, 2.75) is 19.8 Å². The van der Waals surface area contributed by atoms with Crippen LogP contribution in [0.4, 0.5) is 5.95 Å². The quantitative estimate of drug-likeness (QED) is 0.704. The molecule has 0 aliphatic rings. The number of hydrogen-bond donors (Lipinski definition) is 2. The Hall–Kier alpha value is -2.88. The minimum absolute atomic E-state index is 0.211. The van der Waals surface area contributed by atoms with E-state index >= 15 is 0 Å². The second-order valence-corrected chi connectivity index (χ2v) is 5.75. The summed E-state index contributed by atoms with van der Waals surface area (Å²) in [6.07, 6.45) is 3.31. The predicted molar refractivity (Wildman–Crippen MR) is 94.3 cm³/mol. The summed E-state index contributed by atoms with van der Waals surface area (Å²) in [4.78, 5) is 19.4. The van der Waals surface area contributed by atoms with Crippen LogP contribution in [0, 0.1) is 0 Å². The summed E-state index contributed by atoms with van der Waals surface area (Å²) in [7, 11) is 0. The van der Waals surface area contributed by atoms with Gasteiger partial charge in [0, 0.05) is 6.08 Å². The standard InChI is InChI=1S/C19H19N3O/c1-13(2)15-10-7-14(8-11-15)9-12-18(23)22-19-20-16-5-3-4-6-17(16)21-19/h3-13H,1-2H3,(H2,20,21,22,23). The van der Waals surface area contributed by atoms with Crippen LogP contribution in [0.3, 0.4) is 0 Å². The molecule has 0 aliphatic heterocycles. The molecule has 0 saturated carbocycles. The first-order chi connectivity index (χ1) is 11.1. The van der Waals surface area contributed by atoms with Crippen molar-refractivity contribution < 1.29 is 4.79 Å². The Balaban J connectivity index is 1.66. The molecule has 0 spiro atoms. The largest absolute Gasteiger partial charge is 0.324 e. The molecule has 1 amide bonds. The number of anilines is 1. The molecule has 3 rings (SSSR count). The van der Waals surface area contributed by atoms with Crippen LogP contribution in [0.15, 0.2) is 54.6 Å². The van der Waals surface area contributed by atoms with Gasteiger partial charge in [-0.2, -0.15) is 0 Å². The molecule has 0 atom stereocenters. The number of aromatic amines is 1. The van der Waals surface area contributed by atoms with Crippen molar-refractivity contribution in [2.24, 2.45) is 0 Å². The van der Waals surface area contributed by atoms with E-state index in [2.05, 4.69) is 41.3 Å². The molecule has 1 heterocycles. The molecule has 2 N–H and O–H groups in total. The van der Waals surface area contributed by atoms with Crippen LogP contribution in [0.25, 0.3) is 17.1 Å². The van der Waals surface area contributed by atoms with Gasteiger partial charge in [0.25, 0.3) is 5.91 Å². The summed E-state index contributed by atoms with van der Waals surface area (Å²) >= 11 is 0. The summed E-state index contributed by atoms with van der Waals surface area (Å²) in [6, 6.07) is 15.9. The molecule has 0 bridgehead atoms. The Labute approximate surface area is 135 Å². The highest BCUT2D eigenvalue weighted by atomic mass is 16.1. The van der Waals surface area contributed by atoms with Gasteiger partial charge < -0.3 is 4.98 Å². The molecular weight excluding hydrogens is 286 g/mol. The maximum absolute atomic E-state index is 12.0. The lowest BCUT2D eigenvalue weighted by Gasteiger charge is -2.04. The minimum atomic E-state index is -0.211. The van der Waals surface area contributed by atoms with Crippen LogP contribution in [-0.4, -0.2) is 15.9 Å². The highest BCUT2D eigenvalue weighted by molar-refractivity contribution is 6.01. The molecule has 0 unspecified atom stereocenters. The Morgan fingerprint density at radius 1 is 1.13 bits per heavy atom. The first-order valence-electron chi connectivity index (χ1n) is 7.65. The van der Waals surface area contributed by atoms with Crippen LogP contribution in [0.1, 0.15) is 30.9 Å². The van der Waals surface area contributed by atoms with Crippen LogP contribution < -0.4 is 5.32 Å². The highest BCUT2D eigenvalue weighted by Crippen LogP contribution is 2.16. The van der Waals surface area contributed by atoms with Crippen molar-refractivity contribution in [1.29, 1.82) is 0 Å². The number of imidazole rings is 1. The van der Waals surface area contributed by atoms with Gasteiger partial charge >= 0.3 is 0 Å². The number of nitrogens with zero attached hydrogens (tertiary/aromatic N) is 1. The SMILES string of the molecule is CC(C)c1ccc(C=CC(=O)Nc2nc3ccccc3[nH]2)cc1. The van der Waals surface area contributed by atoms with Crippen molar-refractivity contribution in [1.82, 2.24) is 9.97 Å². The Bertz CT molecular complexity index is 811. The summed E-state index contributed by atoms with van der Waals surface area (Å²) in [5.41, 5.74) is 4.01. The number of hydrogen-bond acceptors (Lipinski definition) is 2. The zero-order valence-corrected chi connectivity index (χ0v) is 13.2. The average molecular weight is 305 g/mol. The van der Waals surface area contributed by atoms with Crippen LogP contribution in [0.2, 0.25) is 0 Å². The summed E-state index contributed by atoms with van der Waals surface area (Å²) in [6.45, 7) is 4.32. The lowest BCUT2D eigenvalue weighted by atomic mass is 10.0. The van der Waals surface area contributed by atoms with Gasteiger partial charge in [-0.25, -0.2) is 4.98 Å². The van der Waals surface area contributed by atoms with Crippen molar-refractivity contribution in [3.63, 3.8) is 0 Å². The van der Waals surface area contributed by atoms with Gasteiger partial charge in [-0.15, -0.1) is 0 Å². The molecule has 2 aromatic carbocycles. The maximum Gasteiger partial charge on any atom is 0.250 e. The number of aromatic nitrogens is 2. The Morgan fingerprint density at radius 3 is 2.57 bits per heavy atom. The number of carbonyl (C=O) groups is 1. The van der Waals surface area contributed by atoms with Gasteiger partial charge in [-0.3, -0.25) is 10.1 Å². The first kappa shape index (κ1) is 15.0. The van der Waals surface area contributed by atoms with Gasteiger partial charge in [0.05, 0.1) is 11.0 Å². The van der Waals surface area contributed by atoms with E-state index in [4.69, 9.17) is 0 Å². The van der Waals surface area contributed by atoms with Gasteiger partial charge in [0.1, 0.15) is 0 Å². The molecule has 0 saturated heterocycles. The highest BCUT2D eigenvalue weighted by Gasteiger charge is 2.04. The zero-order chi connectivity index (χ0) is 16.2. The minimum Gasteiger partial charge on any atom is -0.324 e. The third kappa shape index (κ3) is 3.66. The van der Waals surface area contributed by atoms with E-state index in [9.17, 15) is 4.79 Å². The van der Waals surface area contributed by atoms with Crippen molar-refractivity contribution in [3.8, 4) is 0 Å². The smallest absolute Gasteiger partial charge is 0.250 e. The summed E-state index contributed by atoms with van der Waals surface area (Å²) in [5.74, 6) is 0.748. The second-order valence-electron chi connectivity index (χ2n) is 5.75. The lowest BCUT2D eigenvalue weighted by Crippen LogP contribution is -2.08. The lowest BCUT2D eigenvalue weighted by molar-refractivity contribution is -0.111. The van der Waals surface area contributed by atoms with E-state index < -0.39 is 0 Å². The number of benzene rings is 2. The summed E-state index contributed by atoms with van der Waals surface area (Å²) < 4.78 is 0. The van der Waals surface area contributed by atoms with Crippen LogP contribution in [-0.2, 0) is 4.79 Å². The molecule has 23 heavy (non-hydrogen) atoms. The number of rotatable bonds is 4. The average Bonchev–Trinajstić information content (AvgIpc) is 2.95. The molecule has 1 aromatic heterocycles. The number of amides is 1. The zero-order valence-electron chi connectivity index (χ0n) is 13.2. The normalized spacial score (nSPS) is 11.4. The van der Waals surface area contributed by atoms with Crippen molar-refractivity contribution >= 4 is 29.0 Å². The number of fused-ring (bicyclic) bond motifs is 1. The van der Waals surface area contributed by atoms with Gasteiger partial charge in [-0.1, -0.05) is 50.2 Å². The van der Waals surface area contributed by atoms with Crippen molar-refractivity contribution in [2.75, 3.05) is 5.32 Å². The van der Waals surface area contributed by atoms with Crippen LogP contribution in [0.5, 0.6) is 0 Å². The predicted octanol–water partition coefficient (Wildman–Crippen LogP) is 4.34. The number of carbonyl (C=O) groups excluding carboxylic acids is 1. The van der Waals surface area contributed by atoms with Gasteiger partial charge in [0.2, 0.25) is 5.95 Å². The fourth-order valence-electron chi connectivity index (χ4n) is 2.33. The maximum atomic E-state index is 12.0. The Morgan fingerprint density at radius 2 is 1.87 bits per heavy atom. The second kappa shape index (κ2) is 6.48. The van der Waals surface area contributed by atoms with E-state index in [0.29, 0.717) is 11.9 Å². The fraction of sp³-hybridized carbons (Fsp3) is 0.158. The molecule has 4 nitrogen and oxygen atoms in total. The van der Waals surface area contributed by atoms with E-state index in [1.807, 2.05) is 36.4 Å². The molecule has 116 valence electrons. The van der Waals surface area contributed by atoms with E-state index in [1.54, 1.807) is 6.08 Å². The number of H-pyrrole nitrogens is 1. The molecular formula is C19H19N3O. The fourth-order valence-corrected chi connectivity index (χ4v) is 2.33. The Kier molecular flexibility index (Phi) is 4.24. The summed E-state index contributed by atoms with van der Waals surface area (Å²) in [5, 5.41) is 2.74. The van der Waals surface area contributed by atoms with Gasteiger partial charge in [-0.05, 0) is 35.3 Å². The molecule has 0 fully saturated rings.